The van der Waals surface area contributed by atoms with Gasteiger partial charge in [-0.2, -0.15) is 13.2 Å². The highest BCUT2D eigenvalue weighted by atomic mass is 19.4. The van der Waals surface area contributed by atoms with E-state index < -0.39 is 24.2 Å². The number of hydrogen-bond acceptors (Lipinski definition) is 2. The molecule has 2 rings (SSSR count). The monoisotopic (exact) mass is 264 g/mol. The Kier molecular flexibility index (Phi) is 3.84. The molecule has 1 aliphatic heterocycles. The first kappa shape index (κ1) is 13.6. The van der Waals surface area contributed by atoms with Crippen LogP contribution in [0.1, 0.15) is 32.1 Å². The van der Waals surface area contributed by atoms with E-state index in [0.29, 0.717) is 25.8 Å². The second-order valence-electron chi connectivity index (χ2n) is 5.31. The first-order chi connectivity index (χ1) is 8.39. The lowest BCUT2D eigenvalue weighted by molar-refractivity contribution is -0.189. The molecule has 0 aromatic carbocycles. The van der Waals surface area contributed by atoms with E-state index in [9.17, 15) is 18.0 Å². The minimum Gasteiger partial charge on any atom is -0.344 e. The summed E-state index contributed by atoms with van der Waals surface area (Å²) >= 11 is 0. The van der Waals surface area contributed by atoms with Crippen LogP contribution in [0.15, 0.2) is 0 Å². The normalized spacial score (nSPS) is 34.1. The molecule has 3 nitrogen and oxygen atoms in total. The Morgan fingerprint density at radius 2 is 1.89 bits per heavy atom. The summed E-state index contributed by atoms with van der Waals surface area (Å²) in [4.78, 5) is 13.3. The van der Waals surface area contributed by atoms with E-state index in [0.717, 1.165) is 6.42 Å². The molecule has 18 heavy (non-hydrogen) atoms. The number of nitrogens with one attached hydrogen (secondary N) is 1. The standard InChI is InChI=1S/C12H19F3N2O/c1-17-7-6-10(11(17)18)16-9-5-3-2-4-8(9)12(13,14)15/h8-10,16H,2-7H2,1H3. The Balaban J connectivity index is 2.00. The maximum Gasteiger partial charge on any atom is 0.393 e. The second kappa shape index (κ2) is 5.07. The summed E-state index contributed by atoms with van der Waals surface area (Å²) < 4.78 is 38.7. The van der Waals surface area contributed by atoms with Gasteiger partial charge in [0, 0.05) is 19.6 Å². The largest absolute Gasteiger partial charge is 0.393 e. The van der Waals surface area contributed by atoms with Gasteiger partial charge in [-0.05, 0) is 19.3 Å². The summed E-state index contributed by atoms with van der Waals surface area (Å²) in [5.74, 6) is -1.38. The quantitative estimate of drug-likeness (QED) is 0.826. The molecule has 1 saturated carbocycles. The van der Waals surface area contributed by atoms with E-state index in [-0.39, 0.29) is 12.3 Å². The number of halogens is 3. The lowest BCUT2D eigenvalue weighted by Gasteiger charge is -2.35. The van der Waals surface area contributed by atoms with E-state index in [4.69, 9.17) is 0 Å². The van der Waals surface area contributed by atoms with Crippen LogP contribution in [0.5, 0.6) is 0 Å². The molecule has 0 bridgehead atoms. The highest BCUT2D eigenvalue weighted by Crippen LogP contribution is 2.38. The molecule has 2 fully saturated rings. The molecule has 1 heterocycles. The third kappa shape index (κ3) is 2.79. The van der Waals surface area contributed by atoms with Crippen LogP contribution >= 0.6 is 0 Å². The van der Waals surface area contributed by atoms with Crippen LogP contribution in [0.2, 0.25) is 0 Å². The van der Waals surface area contributed by atoms with Crippen LogP contribution in [0.3, 0.4) is 0 Å². The first-order valence-electron chi connectivity index (χ1n) is 6.47. The summed E-state index contributed by atoms with van der Waals surface area (Å²) in [7, 11) is 1.69. The maximum absolute atomic E-state index is 12.9. The van der Waals surface area contributed by atoms with Crippen LogP contribution in [0.25, 0.3) is 0 Å². The van der Waals surface area contributed by atoms with E-state index in [1.807, 2.05) is 0 Å². The Morgan fingerprint density at radius 1 is 1.22 bits per heavy atom. The number of amides is 1. The summed E-state index contributed by atoms with van der Waals surface area (Å²) in [5, 5.41) is 2.94. The SMILES string of the molecule is CN1CCC(NC2CCCCC2C(F)(F)F)C1=O. The van der Waals surface area contributed by atoms with E-state index in [1.54, 1.807) is 11.9 Å². The smallest absolute Gasteiger partial charge is 0.344 e. The number of nitrogens with zero attached hydrogens (tertiary/aromatic N) is 1. The zero-order chi connectivity index (χ0) is 13.3. The predicted octanol–water partition coefficient (Wildman–Crippen LogP) is 1.93. The highest BCUT2D eigenvalue weighted by Gasteiger charge is 2.46. The van der Waals surface area contributed by atoms with Gasteiger partial charge in [-0.3, -0.25) is 4.79 Å². The van der Waals surface area contributed by atoms with Gasteiger partial charge in [0.05, 0.1) is 12.0 Å². The molecule has 0 radical (unpaired) electrons. The van der Waals surface area contributed by atoms with Crippen molar-refractivity contribution in [1.29, 1.82) is 0 Å². The van der Waals surface area contributed by atoms with Crippen LogP contribution in [0, 0.1) is 5.92 Å². The molecular weight excluding hydrogens is 245 g/mol. The van der Waals surface area contributed by atoms with Crippen molar-refractivity contribution >= 4 is 5.91 Å². The highest BCUT2D eigenvalue weighted by molar-refractivity contribution is 5.83. The molecule has 3 atom stereocenters. The van der Waals surface area contributed by atoms with Gasteiger partial charge in [0.2, 0.25) is 5.91 Å². The Hall–Kier alpha value is -0.780. The summed E-state index contributed by atoms with van der Waals surface area (Å²) in [6.45, 7) is 0.625. The maximum atomic E-state index is 12.9. The van der Waals surface area contributed by atoms with Crippen molar-refractivity contribution in [3.63, 3.8) is 0 Å². The Morgan fingerprint density at radius 3 is 2.44 bits per heavy atom. The number of likely N-dealkylation sites (tertiary alicyclic amines) is 1. The zero-order valence-electron chi connectivity index (χ0n) is 10.5. The second-order valence-corrected chi connectivity index (χ2v) is 5.31. The van der Waals surface area contributed by atoms with E-state index in [2.05, 4.69) is 5.32 Å². The first-order valence-corrected chi connectivity index (χ1v) is 6.47. The van der Waals surface area contributed by atoms with Crippen molar-refractivity contribution < 1.29 is 18.0 Å². The van der Waals surface area contributed by atoms with E-state index in [1.165, 1.54) is 0 Å². The van der Waals surface area contributed by atoms with Gasteiger partial charge in [-0.15, -0.1) is 0 Å². The van der Waals surface area contributed by atoms with Crippen LogP contribution in [-0.2, 0) is 4.79 Å². The fourth-order valence-electron chi connectivity index (χ4n) is 2.96. The van der Waals surface area contributed by atoms with Crippen molar-refractivity contribution in [2.45, 2.75) is 50.4 Å². The molecule has 0 spiro atoms. The summed E-state index contributed by atoms with van der Waals surface area (Å²) in [6, 6.07) is -1.03. The van der Waals surface area contributed by atoms with Gasteiger partial charge in [0.1, 0.15) is 0 Å². The van der Waals surface area contributed by atoms with Gasteiger partial charge < -0.3 is 10.2 Å². The molecule has 1 aliphatic carbocycles. The molecule has 104 valence electrons. The Labute approximate surface area is 105 Å². The predicted molar refractivity (Wildman–Crippen MR) is 61.0 cm³/mol. The minimum atomic E-state index is -4.16. The van der Waals surface area contributed by atoms with Crippen molar-refractivity contribution in [2.75, 3.05) is 13.6 Å². The topological polar surface area (TPSA) is 32.3 Å². The van der Waals surface area contributed by atoms with Crippen molar-refractivity contribution in [2.24, 2.45) is 5.92 Å². The molecule has 1 N–H and O–H groups in total. The molecule has 2 aliphatic rings. The zero-order valence-corrected chi connectivity index (χ0v) is 10.5. The number of rotatable bonds is 2. The van der Waals surface area contributed by atoms with E-state index >= 15 is 0 Å². The van der Waals surface area contributed by atoms with Crippen molar-refractivity contribution in [3.05, 3.63) is 0 Å². The fraction of sp³-hybridized carbons (Fsp3) is 0.917. The molecule has 6 heteroatoms. The van der Waals surface area contributed by atoms with Crippen LogP contribution in [0.4, 0.5) is 13.2 Å². The number of likely N-dealkylation sites (N-methyl/N-ethyl adjacent to an activating group) is 1. The third-order valence-electron chi connectivity index (χ3n) is 4.03. The molecule has 1 saturated heterocycles. The average Bonchev–Trinajstić information content (AvgIpc) is 2.60. The number of carbonyl (C=O) groups is 1. The molecule has 3 unspecified atom stereocenters. The van der Waals surface area contributed by atoms with Gasteiger partial charge in [0.25, 0.3) is 0 Å². The lowest BCUT2D eigenvalue weighted by atomic mass is 9.83. The average molecular weight is 264 g/mol. The number of hydrogen-bond donors (Lipinski definition) is 1. The van der Waals surface area contributed by atoms with Crippen molar-refractivity contribution in [3.8, 4) is 0 Å². The van der Waals surface area contributed by atoms with Gasteiger partial charge in [0.15, 0.2) is 0 Å². The van der Waals surface area contributed by atoms with Gasteiger partial charge in [-0.25, -0.2) is 0 Å². The minimum absolute atomic E-state index is 0.0819. The number of alkyl halides is 3. The molecule has 0 aromatic heterocycles. The Bertz CT molecular complexity index is 319. The van der Waals surface area contributed by atoms with Crippen molar-refractivity contribution in [1.82, 2.24) is 10.2 Å². The third-order valence-corrected chi connectivity index (χ3v) is 4.03. The summed E-state index contributed by atoms with van der Waals surface area (Å²) in [5.41, 5.74) is 0. The molecule has 1 amide bonds. The van der Waals surface area contributed by atoms with Gasteiger partial charge >= 0.3 is 6.18 Å². The summed E-state index contributed by atoms with van der Waals surface area (Å²) in [6.07, 6.45) is -1.43. The number of carbonyl (C=O) groups excluding carboxylic acids is 1. The van der Waals surface area contributed by atoms with Crippen LogP contribution in [-0.4, -0.2) is 42.7 Å². The fourth-order valence-corrected chi connectivity index (χ4v) is 2.96. The van der Waals surface area contributed by atoms with Gasteiger partial charge in [-0.1, -0.05) is 12.8 Å². The lowest BCUT2D eigenvalue weighted by Crippen LogP contribution is -2.51. The molecule has 0 aromatic rings. The van der Waals surface area contributed by atoms with Crippen LogP contribution < -0.4 is 5.32 Å². The molecular formula is C12H19F3N2O.